The SMILES string of the molecule is CC/C=C\C/C=C\C/C=C\C/C=C\C/C=C\C/C=C\C/C=C\C/C=C\CCCCCCCCCCCCCCCCCCC(=O)OC(COC(=O)CCCCCCCCCCCCCCCCCCCCCCCCCCCCCCCCCCCCCCCC)COC(OCC[N+](C)(C)C)C(=O)O. The fourth-order valence-electron chi connectivity index (χ4n) is 13.3. The number of hydrogen-bond acceptors (Lipinski definition) is 7. The molecule has 0 spiro atoms. The van der Waals surface area contributed by atoms with Crippen molar-refractivity contribution in [2.24, 2.45) is 0 Å². The van der Waals surface area contributed by atoms with Crippen LogP contribution >= 0.6 is 0 Å². The smallest absolute Gasteiger partial charge is 0.361 e. The van der Waals surface area contributed by atoms with Crippen molar-refractivity contribution in [1.29, 1.82) is 0 Å². The van der Waals surface area contributed by atoms with Gasteiger partial charge in [0.2, 0.25) is 0 Å². The van der Waals surface area contributed by atoms with E-state index < -0.39 is 18.4 Å². The number of carboxylic acids is 1. The van der Waals surface area contributed by atoms with E-state index in [1.165, 1.54) is 315 Å². The van der Waals surface area contributed by atoms with Crippen LogP contribution in [0.5, 0.6) is 0 Å². The average molecular weight is 1460 g/mol. The van der Waals surface area contributed by atoms with Crippen LogP contribution in [-0.4, -0.2) is 87.4 Å². The molecule has 2 unspecified atom stereocenters. The van der Waals surface area contributed by atoms with Crippen molar-refractivity contribution in [1.82, 2.24) is 0 Å². The van der Waals surface area contributed by atoms with E-state index in [1.54, 1.807) is 0 Å². The Hall–Kier alpha value is -3.79. The Labute approximate surface area is 645 Å². The predicted octanol–water partition coefficient (Wildman–Crippen LogP) is 29.4. The van der Waals surface area contributed by atoms with Crippen molar-refractivity contribution in [3.8, 4) is 0 Å². The fraction of sp³-hybridized carbons (Fsp3) is 0.800. The molecule has 2 atom stereocenters. The molecule has 0 aliphatic rings. The van der Waals surface area contributed by atoms with Crippen LogP contribution < -0.4 is 0 Å². The lowest BCUT2D eigenvalue weighted by molar-refractivity contribution is -0.870. The van der Waals surface area contributed by atoms with Crippen LogP contribution in [0.2, 0.25) is 0 Å². The van der Waals surface area contributed by atoms with Crippen LogP contribution in [0.1, 0.15) is 431 Å². The molecule has 0 saturated heterocycles. The summed E-state index contributed by atoms with van der Waals surface area (Å²) in [5.74, 6) is -1.98. The maximum atomic E-state index is 13.0. The van der Waals surface area contributed by atoms with Crippen LogP contribution in [0.15, 0.2) is 97.2 Å². The number of nitrogens with zero attached hydrogens (tertiary/aromatic N) is 1. The first-order valence-electron chi connectivity index (χ1n) is 44.9. The first-order valence-corrected chi connectivity index (χ1v) is 44.9. The van der Waals surface area contributed by atoms with E-state index in [9.17, 15) is 19.5 Å². The summed E-state index contributed by atoms with van der Waals surface area (Å²) in [7, 11) is 6.00. The molecule has 1 N–H and O–H groups in total. The van der Waals surface area contributed by atoms with Gasteiger partial charge in [0.15, 0.2) is 6.10 Å². The molecule has 9 nitrogen and oxygen atoms in total. The third kappa shape index (κ3) is 85.5. The van der Waals surface area contributed by atoms with Crippen molar-refractivity contribution in [2.75, 3.05) is 47.5 Å². The fourth-order valence-corrected chi connectivity index (χ4v) is 13.3. The van der Waals surface area contributed by atoms with E-state index in [0.29, 0.717) is 17.4 Å². The molecule has 604 valence electrons. The van der Waals surface area contributed by atoms with E-state index in [1.807, 2.05) is 21.1 Å². The Kier molecular flexibility index (Phi) is 81.7. The van der Waals surface area contributed by atoms with Gasteiger partial charge in [0, 0.05) is 12.8 Å². The first-order chi connectivity index (χ1) is 51.1. The average Bonchev–Trinajstić information content (AvgIpc) is 0.971. The van der Waals surface area contributed by atoms with E-state index in [4.69, 9.17) is 18.9 Å². The van der Waals surface area contributed by atoms with Gasteiger partial charge in [0.25, 0.3) is 6.29 Å². The molecule has 0 bridgehead atoms. The van der Waals surface area contributed by atoms with Gasteiger partial charge in [-0.3, -0.25) is 9.59 Å². The summed E-state index contributed by atoms with van der Waals surface area (Å²) in [5.41, 5.74) is 0. The van der Waals surface area contributed by atoms with Gasteiger partial charge in [-0.05, 0) is 77.0 Å². The minimum atomic E-state index is -1.51. The molecule has 0 aliphatic heterocycles. The molecule has 0 aromatic rings. The van der Waals surface area contributed by atoms with E-state index in [0.717, 1.165) is 89.9 Å². The predicted molar refractivity (Wildman–Crippen MR) is 452 cm³/mol. The lowest BCUT2D eigenvalue weighted by Crippen LogP contribution is -2.40. The quantitative estimate of drug-likeness (QED) is 0.0211. The zero-order chi connectivity index (χ0) is 75.3. The van der Waals surface area contributed by atoms with Crippen LogP contribution in [-0.2, 0) is 33.3 Å². The molecule has 0 rings (SSSR count). The number of likely N-dealkylation sites (N-methyl/N-ethyl adjacent to an activating group) is 1. The molecular formula is C95H172NO8+. The highest BCUT2D eigenvalue weighted by molar-refractivity contribution is 5.71. The second-order valence-electron chi connectivity index (χ2n) is 31.5. The number of allylic oxidation sites excluding steroid dienone is 16. The molecule has 0 aromatic carbocycles. The van der Waals surface area contributed by atoms with Gasteiger partial charge in [-0.25, -0.2) is 4.79 Å². The molecule has 0 fully saturated rings. The summed E-state index contributed by atoms with van der Waals surface area (Å²) in [6, 6.07) is 0. The Morgan fingerprint density at radius 3 is 0.817 bits per heavy atom. The largest absolute Gasteiger partial charge is 0.477 e. The Morgan fingerprint density at radius 1 is 0.298 bits per heavy atom. The van der Waals surface area contributed by atoms with Gasteiger partial charge in [-0.1, -0.05) is 439 Å². The zero-order valence-electron chi connectivity index (χ0n) is 69.4. The molecule has 9 heteroatoms. The highest BCUT2D eigenvalue weighted by Gasteiger charge is 2.25. The lowest BCUT2D eigenvalue weighted by atomic mass is 10.0. The number of hydrogen-bond donors (Lipinski definition) is 1. The minimum Gasteiger partial charge on any atom is -0.477 e. The summed E-state index contributed by atoms with van der Waals surface area (Å²) in [5, 5.41) is 9.80. The number of carbonyl (C=O) groups excluding carboxylic acids is 2. The van der Waals surface area contributed by atoms with Gasteiger partial charge in [0.05, 0.1) is 34.4 Å². The van der Waals surface area contributed by atoms with E-state index >= 15 is 0 Å². The molecule has 0 saturated carbocycles. The Morgan fingerprint density at radius 2 is 0.548 bits per heavy atom. The zero-order valence-corrected chi connectivity index (χ0v) is 69.4. The summed E-state index contributed by atoms with van der Waals surface area (Å²) < 4.78 is 23.1. The molecule has 0 aromatic heterocycles. The standard InChI is InChI=1S/C95H171NO8/c1-6-8-10-12-14-16-18-20-22-24-26-28-30-32-34-36-38-40-42-44-46-47-48-50-52-54-56-58-60-62-64-66-68-70-72-74-76-78-80-82-84-86-93(98)104-91(90-103-95(94(99)100)101-88-87-96(3,4)5)89-102-92(97)85-83-81-79-77-75-73-71-69-67-65-63-61-59-57-55-53-51-49-45-43-41-39-37-35-33-31-29-27-25-23-21-19-17-15-13-11-9-7-2/h8,10,14,16,20,22,26,28,32,34,38,40,44,46,48,50,91,95H,6-7,9,11-13,15,17-19,21,23-25,27,29-31,33,35-37,39,41-43,45,47,49,51-90H2,1-5H3/p+1/b10-8-,16-14-,22-20-,28-26-,34-32-,40-38-,46-44-,50-48-. The number of rotatable bonds is 84. The first kappa shape index (κ1) is 100. The summed E-state index contributed by atoms with van der Waals surface area (Å²) in [6.45, 7) is 4.83. The van der Waals surface area contributed by atoms with Crippen LogP contribution in [0.4, 0.5) is 0 Å². The number of carboxylic acid groups (broad SMARTS) is 1. The highest BCUT2D eigenvalue weighted by Crippen LogP contribution is 2.21. The van der Waals surface area contributed by atoms with Gasteiger partial charge >= 0.3 is 17.9 Å². The van der Waals surface area contributed by atoms with Gasteiger partial charge in [-0.2, -0.15) is 0 Å². The number of esters is 2. The minimum absolute atomic E-state index is 0.179. The second-order valence-corrected chi connectivity index (χ2v) is 31.5. The third-order valence-corrected chi connectivity index (χ3v) is 20.1. The van der Waals surface area contributed by atoms with E-state index in [2.05, 4.69) is 111 Å². The van der Waals surface area contributed by atoms with Crippen molar-refractivity contribution in [2.45, 2.75) is 444 Å². The van der Waals surface area contributed by atoms with Gasteiger partial charge in [-0.15, -0.1) is 0 Å². The van der Waals surface area contributed by atoms with E-state index in [-0.39, 0.29) is 38.2 Å². The van der Waals surface area contributed by atoms with Crippen LogP contribution in [0.3, 0.4) is 0 Å². The normalized spacial score (nSPS) is 13.0. The lowest BCUT2D eigenvalue weighted by Gasteiger charge is -2.25. The topological polar surface area (TPSA) is 108 Å². The number of unbranched alkanes of at least 4 members (excludes halogenated alkanes) is 53. The van der Waals surface area contributed by atoms with Crippen molar-refractivity contribution >= 4 is 17.9 Å². The maximum Gasteiger partial charge on any atom is 0.361 e. The highest BCUT2D eigenvalue weighted by atomic mass is 16.7. The number of quaternary nitrogens is 1. The molecule has 104 heavy (non-hydrogen) atoms. The van der Waals surface area contributed by atoms with Gasteiger partial charge in [0.1, 0.15) is 13.2 Å². The molecular weight excluding hydrogens is 1280 g/mol. The molecule has 0 amide bonds. The summed E-state index contributed by atoms with van der Waals surface area (Å²) >= 11 is 0. The maximum absolute atomic E-state index is 13.0. The number of aliphatic carboxylic acids is 1. The van der Waals surface area contributed by atoms with Crippen LogP contribution in [0.25, 0.3) is 0 Å². The number of carbonyl (C=O) groups is 3. The van der Waals surface area contributed by atoms with Crippen molar-refractivity contribution in [3.05, 3.63) is 97.2 Å². The number of ether oxygens (including phenoxy) is 4. The molecule has 0 radical (unpaired) electrons. The molecule has 0 heterocycles. The third-order valence-electron chi connectivity index (χ3n) is 20.1. The van der Waals surface area contributed by atoms with Gasteiger partial charge < -0.3 is 28.5 Å². The monoisotopic (exact) mass is 1460 g/mol. The van der Waals surface area contributed by atoms with Crippen molar-refractivity contribution < 1.29 is 42.9 Å². The Bertz CT molecular complexity index is 2040. The second kappa shape index (κ2) is 84.8. The summed E-state index contributed by atoms with van der Waals surface area (Å²) in [6.07, 6.45) is 116. The van der Waals surface area contributed by atoms with Crippen molar-refractivity contribution in [3.63, 3.8) is 0 Å². The van der Waals surface area contributed by atoms with Crippen LogP contribution in [0, 0.1) is 0 Å². The Balaban J connectivity index is 3.94. The molecule has 0 aliphatic carbocycles. The summed E-state index contributed by atoms with van der Waals surface area (Å²) in [4.78, 5) is 37.8.